The highest BCUT2D eigenvalue weighted by Gasteiger charge is 2.13. The number of nitrogens with one attached hydrogen (secondary N) is 1. The molecule has 1 N–H and O–H groups in total. The van der Waals surface area contributed by atoms with Crippen LogP contribution in [0.5, 0.6) is 0 Å². The van der Waals surface area contributed by atoms with Gasteiger partial charge in [-0.05, 0) is 24.3 Å². The number of carbonyl (C=O) groups is 2. The molecular formula is C16H12N5O5-. The molecular weight excluding hydrogens is 342 g/mol. The normalized spacial score (nSPS) is 11.3. The lowest BCUT2D eigenvalue weighted by atomic mass is 10.2. The van der Waals surface area contributed by atoms with Crippen LogP contribution in [0.3, 0.4) is 0 Å². The van der Waals surface area contributed by atoms with E-state index in [4.69, 9.17) is 0 Å². The molecule has 0 saturated carbocycles. The van der Waals surface area contributed by atoms with Crippen LogP contribution < -0.4 is 21.7 Å². The first-order chi connectivity index (χ1) is 12.3. The van der Waals surface area contributed by atoms with Crippen molar-refractivity contribution in [2.75, 3.05) is 5.32 Å². The zero-order valence-electron chi connectivity index (χ0n) is 13.7. The van der Waals surface area contributed by atoms with Crippen LogP contribution in [-0.2, 0) is 23.7 Å². The number of hydrogen-bond donors (Lipinski definition) is 1. The van der Waals surface area contributed by atoms with Gasteiger partial charge >= 0.3 is 5.69 Å². The molecule has 1 aromatic carbocycles. The second kappa shape index (κ2) is 6.24. The van der Waals surface area contributed by atoms with Gasteiger partial charge in [-0.2, -0.15) is 0 Å². The second-order valence-electron chi connectivity index (χ2n) is 5.45. The van der Waals surface area contributed by atoms with Crippen LogP contribution in [0, 0.1) is 0 Å². The number of carbonyl (C=O) groups excluding carboxylic acids is 2. The summed E-state index contributed by atoms with van der Waals surface area (Å²) in [5.74, 6) is -2.15. The van der Waals surface area contributed by atoms with Crippen molar-refractivity contribution < 1.29 is 14.7 Å². The first kappa shape index (κ1) is 17.0. The zero-order valence-corrected chi connectivity index (χ0v) is 13.7. The van der Waals surface area contributed by atoms with Crippen molar-refractivity contribution in [2.24, 2.45) is 14.1 Å². The lowest BCUT2D eigenvalue weighted by Crippen LogP contribution is -2.37. The molecule has 10 heteroatoms. The van der Waals surface area contributed by atoms with E-state index in [0.717, 1.165) is 10.6 Å². The number of fused-ring (bicyclic) bond motifs is 2. The molecule has 0 unspecified atom stereocenters. The van der Waals surface area contributed by atoms with E-state index in [1.165, 1.54) is 30.8 Å². The van der Waals surface area contributed by atoms with Crippen LogP contribution in [0.2, 0.25) is 0 Å². The van der Waals surface area contributed by atoms with Crippen molar-refractivity contribution in [3.63, 3.8) is 0 Å². The van der Waals surface area contributed by atoms with E-state index >= 15 is 0 Å². The smallest absolute Gasteiger partial charge is 0.332 e. The van der Waals surface area contributed by atoms with Crippen LogP contribution in [0.15, 0.2) is 39.9 Å². The minimum absolute atomic E-state index is 0.0516. The first-order valence-corrected chi connectivity index (χ1v) is 7.35. The molecule has 2 heterocycles. The molecule has 0 aliphatic heterocycles. The Morgan fingerprint density at radius 1 is 1.08 bits per heavy atom. The van der Waals surface area contributed by atoms with Crippen LogP contribution in [0.25, 0.3) is 22.2 Å². The highest BCUT2D eigenvalue weighted by molar-refractivity contribution is 6.03. The SMILES string of the molecule is Cn1c(=O)c2nc3ccc(NC(=O)/C=C/C(=O)[O-])cc3nc2n(C)c1=O. The summed E-state index contributed by atoms with van der Waals surface area (Å²) in [6.45, 7) is 0. The van der Waals surface area contributed by atoms with Crippen LogP contribution in [0.1, 0.15) is 0 Å². The summed E-state index contributed by atoms with van der Waals surface area (Å²) >= 11 is 0. The third kappa shape index (κ3) is 2.95. The van der Waals surface area contributed by atoms with Gasteiger partial charge in [0.1, 0.15) is 0 Å². The van der Waals surface area contributed by atoms with Gasteiger partial charge in [0.05, 0.1) is 17.0 Å². The molecule has 3 rings (SSSR count). The summed E-state index contributed by atoms with van der Waals surface area (Å²) in [4.78, 5) is 54.7. The van der Waals surface area contributed by atoms with Crippen molar-refractivity contribution in [1.82, 2.24) is 19.1 Å². The van der Waals surface area contributed by atoms with Gasteiger partial charge in [-0.3, -0.25) is 18.7 Å². The summed E-state index contributed by atoms with van der Waals surface area (Å²) < 4.78 is 2.15. The maximum absolute atomic E-state index is 12.2. The average molecular weight is 354 g/mol. The Morgan fingerprint density at radius 2 is 1.81 bits per heavy atom. The zero-order chi connectivity index (χ0) is 19.0. The van der Waals surface area contributed by atoms with Crippen molar-refractivity contribution in [1.29, 1.82) is 0 Å². The number of amides is 1. The molecule has 0 atom stereocenters. The van der Waals surface area contributed by atoms with E-state index in [2.05, 4.69) is 15.3 Å². The maximum atomic E-state index is 12.2. The molecule has 26 heavy (non-hydrogen) atoms. The van der Waals surface area contributed by atoms with Crippen LogP contribution in [0.4, 0.5) is 5.69 Å². The van der Waals surface area contributed by atoms with Gasteiger partial charge in [0.2, 0.25) is 5.91 Å². The fourth-order valence-corrected chi connectivity index (χ4v) is 2.39. The molecule has 0 spiro atoms. The number of carboxylic acids is 1. The molecule has 10 nitrogen and oxygen atoms in total. The molecule has 0 aliphatic carbocycles. The van der Waals surface area contributed by atoms with Crippen LogP contribution in [-0.4, -0.2) is 31.0 Å². The average Bonchev–Trinajstić information content (AvgIpc) is 2.61. The molecule has 1 amide bonds. The van der Waals surface area contributed by atoms with Crippen molar-refractivity contribution >= 4 is 39.8 Å². The predicted molar refractivity (Wildman–Crippen MR) is 90.3 cm³/mol. The summed E-state index contributed by atoms with van der Waals surface area (Å²) in [5, 5.41) is 12.8. The minimum Gasteiger partial charge on any atom is -0.545 e. The van der Waals surface area contributed by atoms with Gasteiger partial charge in [0.25, 0.3) is 5.56 Å². The Hall–Kier alpha value is -3.82. The summed E-state index contributed by atoms with van der Waals surface area (Å²) in [6, 6.07) is 4.57. The van der Waals surface area contributed by atoms with E-state index in [1.54, 1.807) is 6.07 Å². The Morgan fingerprint density at radius 3 is 2.50 bits per heavy atom. The predicted octanol–water partition coefficient (Wildman–Crippen LogP) is -1.57. The quantitative estimate of drug-likeness (QED) is 0.442. The van der Waals surface area contributed by atoms with E-state index < -0.39 is 23.1 Å². The number of carboxylic acid groups (broad SMARTS) is 1. The fraction of sp³-hybridized carbons (Fsp3) is 0.125. The summed E-state index contributed by atoms with van der Waals surface area (Å²) in [6.07, 6.45) is 1.42. The van der Waals surface area contributed by atoms with E-state index in [9.17, 15) is 24.3 Å². The Balaban J connectivity index is 2.12. The van der Waals surface area contributed by atoms with Gasteiger partial charge in [0, 0.05) is 25.9 Å². The number of rotatable bonds is 3. The Bertz CT molecular complexity index is 1220. The van der Waals surface area contributed by atoms with Crippen molar-refractivity contribution in [3.05, 3.63) is 51.2 Å². The van der Waals surface area contributed by atoms with Gasteiger partial charge in [-0.25, -0.2) is 14.8 Å². The number of aryl methyl sites for hydroxylation is 1. The third-order valence-electron chi connectivity index (χ3n) is 3.68. The molecule has 132 valence electrons. The third-order valence-corrected chi connectivity index (χ3v) is 3.68. The monoisotopic (exact) mass is 354 g/mol. The number of nitrogens with zero attached hydrogens (tertiary/aromatic N) is 4. The Labute approximate surface area is 145 Å². The van der Waals surface area contributed by atoms with E-state index in [0.29, 0.717) is 22.8 Å². The lowest BCUT2D eigenvalue weighted by molar-refractivity contribution is -0.297. The highest BCUT2D eigenvalue weighted by atomic mass is 16.4. The van der Waals surface area contributed by atoms with Gasteiger partial charge in [-0.15, -0.1) is 0 Å². The molecule has 3 aromatic rings. The first-order valence-electron chi connectivity index (χ1n) is 7.35. The molecule has 0 fully saturated rings. The second-order valence-corrected chi connectivity index (χ2v) is 5.45. The number of aliphatic carboxylic acids is 1. The summed E-state index contributed by atoms with van der Waals surface area (Å²) in [7, 11) is 2.83. The molecule has 0 aliphatic rings. The molecule has 2 aromatic heterocycles. The topological polar surface area (TPSA) is 139 Å². The number of benzene rings is 1. The van der Waals surface area contributed by atoms with Gasteiger partial charge < -0.3 is 15.2 Å². The molecule has 0 saturated heterocycles. The van der Waals surface area contributed by atoms with E-state index in [1.807, 2.05) is 0 Å². The lowest BCUT2D eigenvalue weighted by Gasteiger charge is -2.08. The number of anilines is 1. The minimum atomic E-state index is -1.49. The van der Waals surface area contributed by atoms with Gasteiger partial charge in [-0.1, -0.05) is 0 Å². The number of aromatic nitrogens is 4. The maximum Gasteiger partial charge on any atom is 0.332 e. The Kier molecular flexibility index (Phi) is 4.08. The van der Waals surface area contributed by atoms with E-state index in [-0.39, 0.29) is 11.2 Å². The molecule has 0 radical (unpaired) electrons. The highest BCUT2D eigenvalue weighted by Crippen LogP contribution is 2.18. The largest absolute Gasteiger partial charge is 0.545 e. The number of hydrogen-bond acceptors (Lipinski definition) is 7. The van der Waals surface area contributed by atoms with Crippen LogP contribution >= 0.6 is 0 Å². The van der Waals surface area contributed by atoms with Crippen molar-refractivity contribution in [2.45, 2.75) is 0 Å². The van der Waals surface area contributed by atoms with Crippen molar-refractivity contribution in [3.8, 4) is 0 Å². The summed E-state index contributed by atoms with van der Waals surface area (Å²) in [5.41, 5.74) is 0.170. The fourth-order valence-electron chi connectivity index (χ4n) is 2.39. The van der Waals surface area contributed by atoms with Gasteiger partial charge in [0.15, 0.2) is 11.2 Å². The standard InChI is InChI=1S/C16H13N5O5/c1-20-14-13(15(25)21(2)16(20)26)18-9-4-3-8(7-10(9)19-14)17-11(22)5-6-12(23)24/h3-7H,1-2H3,(H,17,22)(H,23,24)/p-1/b6-5+. The molecule has 0 bridgehead atoms.